The summed E-state index contributed by atoms with van der Waals surface area (Å²) in [6.45, 7) is 3.65. The first-order valence-electron chi connectivity index (χ1n) is 5.75. The van der Waals surface area contributed by atoms with Crippen LogP contribution >= 0.6 is 0 Å². The third-order valence-electron chi connectivity index (χ3n) is 3.19. The predicted octanol–water partition coefficient (Wildman–Crippen LogP) is 1.24. The number of pyridine rings is 1. The van der Waals surface area contributed by atoms with E-state index >= 15 is 0 Å². The first-order chi connectivity index (χ1) is 8.34. The second-order valence-corrected chi connectivity index (χ2v) is 4.34. The van der Waals surface area contributed by atoms with E-state index in [1.165, 1.54) is 5.56 Å². The van der Waals surface area contributed by atoms with Crippen molar-refractivity contribution in [3.05, 3.63) is 41.8 Å². The van der Waals surface area contributed by atoms with Gasteiger partial charge in [0.25, 0.3) is 0 Å². The van der Waals surface area contributed by atoms with Gasteiger partial charge >= 0.3 is 0 Å². The van der Waals surface area contributed by atoms with Crippen molar-refractivity contribution in [1.82, 2.24) is 20.4 Å². The van der Waals surface area contributed by atoms with Crippen LogP contribution in [-0.4, -0.2) is 28.2 Å². The molecule has 5 heteroatoms. The highest BCUT2D eigenvalue weighted by Gasteiger charge is 2.33. The fourth-order valence-electron chi connectivity index (χ4n) is 2.35. The van der Waals surface area contributed by atoms with Gasteiger partial charge in [0.2, 0.25) is 5.89 Å². The monoisotopic (exact) mass is 230 g/mol. The number of aryl methyl sites for hydroxylation is 1. The number of aromatic nitrogens is 3. The van der Waals surface area contributed by atoms with Crippen LogP contribution in [0.4, 0.5) is 0 Å². The van der Waals surface area contributed by atoms with Crippen LogP contribution in [-0.2, 0) is 0 Å². The SMILES string of the molecule is Cc1noc(C2CNCC2c2cccnc2)n1. The topological polar surface area (TPSA) is 63.8 Å². The third kappa shape index (κ3) is 1.93. The zero-order valence-electron chi connectivity index (χ0n) is 9.63. The van der Waals surface area contributed by atoms with Crippen LogP contribution in [0.15, 0.2) is 29.0 Å². The molecule has 1 aliphatic rings. The fourth-order valence-corrected chi connectivity index (χ4v) is 2.35. The summed E-state index contributed by atoms with van der Waals surface area (Å²) < 4.78 is 5.28. The van der Waals surface area contributed by atoms with Gasteiger partial charge in [0, 0.05) is 31.4 Å². The summed E-state index contributed by atoms with van der Waals surface area (Å²) in [7, 11) is 0. The van der Waals surface area contributed by atoms with E-state index in [4.69, 9.17) is 4.52 Å². The molecule has 88 valence electrons. The van der Waals surface area contributed by atoms with Gasteiger partial charge in [-0.25, -0.2) is 0 Å². The minimum atomic E-state index is 0.250. The average Bonchev–Trinajstić information content (AvgIpc) is 2.98. The summed E-state index contributed by atoms with van der Waals surface area (Å²) in [5.74, 6) is 2.03. The van der Waals surface area contributed by atoms with Crippen LogP contribution in [0.3, 0.4) is 0 Å². The molecule has 1 aliphatic heterocycles. The molecule has 1 fully saturated rings. The highest BCUT2D eigenvalue weighted by atomic mass is 16.5. The molecule has 2 unspecified atom stereocenters. The van der Waals surface area contributed by atoms with E-state index in [1.807, 2.05) is 19.2 Å². The number of nitrogens with zero attached hydrogens (tertiary/aromatic N) is 3. The van der Waals surface area contributed by atoms with Crippen molar-refractivity contribution in [3.63, 3.8) is 0 Å². The number of hydrogen-bond donors (Lipinski definition) is 1. The van der Waals surface area contributed by atoms with E-state index in [9.17, 15) is 0 Å². The van der Waals surface area contributed by atoms with Gasteiger partial charge in [0.05, 0.1) is 5.92 Å². The Bertz CT molecular complexity index is 496. The summed E-state index contributed by atoms with van der Waals surface area (Å²) in [6.07, 6.45) is 3.70. The maximum Gasteiger partial charge on any atom is 0.231 e. The number of nitrogens with one attached hydrogen (secondary N) is 1. The molecule has 2 aromatic rings. The van der Waals surface area contributed by atoms with E-state index in [0.29, 0.717) is 11.7 Å². The molecule has 1 N–H and O–H groups in total. The lowest BCUT2D eigenvalue weighted by Crippen LogP contribution is -2.09. The summed E-state index contributed by atoms with van der Waals surface area (Å²) in [4.78, 5) is 8.50. The van der Waals surface area contributed by atoms with Crippen molar-refractivity contribution in [2.75, 3.05) is 13.1 Å². The molecular weight excluding hydrogens is 216 g/mol. The fraction of sp³-hybridized carbons (Fsp3) is 0.417. The van der Waals surface area contributed by atoms with Crippen LogP contribution in [0, 0.1) is 6.92 Å². The zero-order chi connectivity index (χ0) is 11.7. The standard InChI is InChI=1S/C12H14N4O/c1-8-15-12(17-16-8)11-7-14-6-10(11)9-3-2-4-13-5-9/h2-5,10-11,14H,6-7H2,1H3. The summed E-state index contributed by atoms with van der Waals surface area (Å²) in [5.41, 5.74) is 1.22. The van der Waals surface area contributed by atoms with Crippen LogP contribution < -0.4 is 5.32 Å². The Balaban J connectivity index is 1.90. The second kappa shape index (κ2) is 4.25. The van der Waals surface area contributed by atoms with E-state index in [1.54, 1.807) is 6.20 Å². The van der Waals surface area contributed by atoms with Crippen molar-refractivity contribution >= 4 is 0 Å². The molecule has 0 amide bonds. The smallest absolute Gasteiger partial charge is 0.231 e. The summed E-state index contributed by atoms with van der Waals surface area (Å²) in [5, 5.41) is 7.23. The van der Waals surface area contributed by atoms with Crippen LogP contribution in [0.5, 0.6) is 0 Å². The van der Waals surface area contributed by atoms with Gasteiger partial charge in [-0.3, -0.25) is 4.98 Å². The van der Waals surface area contributed by atoms with Crippen molar-refractivity contribution in [1.29, 1.82) is 0 Å². The van der Waals surface area contributed by atoms with Gasteiger partial charge < -0.3 is 9.84 Å². The van der Waals surface area contributed by atoms with Gasteiger partial charge in [-0.15, -0.1) is 0 Å². The Hall–Kier alpha value is -1.75. The van der Waals surface area contributed by atoms with Gasteiger partial charge in [-0.1, -0.05) is 11.2 Å². The van der Waals surface area contributed by atoms with Gasteiger partial charge in [0.1, 0.15) is 0 Å². The van der Waals surface area contributed by atoms with Crippen molar-refractivity contribution in [2.45, 2.75) is 18.8 Å². The first-order valence-corrected chi connectivity index (χ1v) is 5.75. The van der Waals surface area contributed by atoms with E-state index in [0.717, 1.165) is 19.0 Å². The van der Waals surface area contributed by atoms with E-state index in [2.05, 4.69) is 26.5 Å². The first kappa shape index (κ1) is 10.4. The third-order valence-corrected chi connectivity index (χ3v) is 3.19. The van der Waals surface area contributed by atoms with Crippen LogP contribution in [0.2, 0.25) is 0 Å². The molecular formula is C12H14N4O. The molecule has 5 nitrogen and oxygen atoms in total. The summed E-state index contributed by atoms with van der Waals surface area (Å²) in [6, 6.07) is 4.06. The molecule has 0 saturated carbocycles. The molecule has 3 heterocycles. The maximum atomic E-state index is 5.28. The molecule has 0 aromatic carbocycles. The van der Waals surface area contributed by atoms with Gasteiger partial charge in [0.15, 0.2) is 5.82 Å². The molecule has 0 spiro atoms. The Kier molecular flexibility index (Phi) is 2.60. The maximum absolute atomic E-state index is 5.28. The Morgan fingerprint density at radius 3 is 2.94 bits per heavy atom. The lowest BCUT2D eigenvalue weighted by atomic mass is 9.90. The van der Waals surface area contributed by atoms with Crippen LogP contribution in [0.1, 0.15) is 29.1 Å². The van der Waals surface area contributed by atoms with Gasteiger partial charge in [-0.2, -0.15) is 4.98 Å². The minimum Gasteiger partial charge on any atom is -0.339 e. The molecule has 0 aliphatic carbocycles. The molecule has 0 bridgehead atoms. The predicted molar refractivity (Wildman–Crippen MR) is 61.6 cm³/mol. The van der Waals surface area contributed by atoms with Gasteiger partial charge in [-0.05, 0) is 18.6 Å². The molecule has 1 saturated heterocycles. The molecule has 2 atom stereocenters. The summed E-state index contributed by atoms with van der Waals surface area (Å²) >= 11 is 0. The highest BCUT2D eigenvalue weighted by Crippen LogP contribution is 2.34. The quantitative estimate of drug-likeness (QED) is 0.841. The second-order valence-electron chi connectivity index (χ2n) is 4.34. The number of rotatable bonds is 2. The van der Waals surface area contributed by atoms with Crippen molar-refractivity contribution in [2.24, 2.45) is 0 Å². The molecule has 2 aromatic heterocycles. The highest BCUT2D eigenvalue weighted by molar-refractivity contribution is 5.22. The Morgan fingerprint density at radius 1 is 1.35 bits per heavy atom. The molecule has 0 radical (unpaired) electrons. The van der Waals surface area contributed by atoms with Crippen molar-refractivity contribution in [3.8, 4) is 0 Å². The molecule has 17 heavy (non-hydrogen) atoms. The van der Waals surface area contributed by atoms with E-state index < -0.39 is 0 Å². The van der Waals surface area contributed by atoms with Crippen LogP contribution in [0.25, 0.3) is 0 Å². The Labute approximate surface area is 99.3 Å². The normalized spacial score (nSPS) is 24.1. The lowest BCUT2D eigenvalue weighted by molar-refractivity contribution is 0.348. The molecule has 3 rings (SSSR count). The van der Waals surface area contributed by atoms with E-state index in [-0.39, 0.29) is 5.92 Å². The minimum absolute atomic E-state index is 0.250. The lowest BCUT2D eigenvalue weighted by Gasteiger charge is -2.14. The largest absolute Gasteiger partial charge is 0.339 e. The number of hydrogen-bond acceptors (Lipinski definition) is 5. The average molecular weight is 230 g/mol. The van der Waals surface area contributed by atoms with Crippen molar-refractivity contribution < 1.29 is 4.52 Å². The Morgan fingerprint density at radius 2 is 2.24 bits per heavy atom. The zero-order valence-corrected chi connectivity index (χ0v) is 9.63.